The number of nitriles is 1. The van der Waals surface area contributed by atoms with Crippen LogP contribution in [-0.4, -0.2) is 38.1 Å². The molecule has 1 fully saturated rings. The second-order valence-corrected chi connectivity index (χ2v) is 10.0. The minimum absolute atomic E-state index is 0.214. The smallest absolute Gasteiger partial charge is 0.399 e. The van der Waals surface area contributed by atoms with Crippen LogP contribution in [0.4, 0.5) is 0 Å². The molecule has 0 radical (unpaired) electrons. The Labute approximate surface area is 215 Å². The van der Waals surface area contributed by atoms with E-state index in [0.29, 0.717) is 17.1 Å². The lowest BCUT2D eigenvalue weighted by Gasteiger charge is -2.32. The summed E-state index contributed by atoms with van der Waals surface area (Å²) in [5, 5.41) is 13.7. The van der Waals surface area contributed by atoms with E-state index in [4.69, 9.17) is 9.31 Å². The summed E-state index contributed by atoms with van der Waals surface area (Å²) in [7, 11) is -0.524. The van der Waals surface area contributed by atoms with Crippen LogP contribution >= 0.6 is 0 Å². The highest BCUT2D eigenvalue weighted by atomic mass is 16.7. The Kier molecular flexibility index (Phi) is 6.24. The van der Waals surface area contributed by atoms with Gasteiger partial charge in [0.1, 0.15) is 0 Å². The second-order valence-electron chi connectivity index (χ2n) is 10.0. The highest BCUT2D eigenvalue weighted by Gasteiger charge is 2.51. The van der Waals surface area contributed by atoms with Crippen molar-refractivity contribution in [1.29, 1.82) is 5.26 Å². The van der Waals surface area contributed by atoms with Crippen LogP contribution in [0.15, 0.2) is 77.9 Å². The fraction of sp³-hybridized carbons (Fsp3) is 0.250. The van der Waals surface area contributed by atoms with Gasteiger partial charge in [-0.25, -0.2) is 14.6 Å². The SMILES string of the molecule is CC1(C)OB(c2cnc(-c3cccc(Cn4nc(-c5cccc(C#N)c5)ccc4=O)c3)nc2)OC1(C)C. The van der Waals surface area contributed by atoms with Crippen molar-refractivity contribution in [2.24, 2.45) is 0 Å². The molecule has 2 aromatic heterocycles. The Balaban J connectivity index is 1.37. The monoisotopic (exact) mass is 491 g/mol. The number of rotatable bonds is 5. The molecule has 0 saturated carbocycles. The summed E-state index contributed by atoms with van der Waals surface area (Å²) in [6.45, 7) is 8.31. The molecule has 0 aliphatic carbocycles. The van der Waals surface area contributed by atoms with Gasteiger partial charge in [-0.15, -0.1) is 0 Å². The molecule has 2 aromatic carbocycles. The van der Waals surface area contributed by atoms with Crippen molar-refractivity contribution < 1.29 is 9.31 Å². The van der Waals surface area contributed by atoms with Gasteiger partial charge in [-0.1, -0.05) is 30.3 Å². The largest absolute Gasteiger partial charge is 0.498 e. The Bertz CT molecular complexity index is 1540. The number of hydrogen-bond acceptors (Lipinski definition) is 7. The Morgan fingerprint density at radius 2 is 1.59 bits per heavy atom. The predicted molar refractivity (Wildman–Crippen MR) is 141 cm³/mol. The first kappa shape index (κ1) is 24.6. The average molecular weight is 491 g/mol. The number of hydrogen-bond donors (Lipinski definition) is 0. The quantitative estimate of drug-likeness (QED) is 0.393. The van der Waals surface area contributed by atoms with Crippen molar-refractivity contribution in [2.45, 2.75) is 45.4 Å². The lowest BCUT2D eigenvalue weighted by Crippen LogP contribution is -2.41. The molecule has 4 aromatic rings. The highest BCUT2D eigenvalue weighted by molar-refractivity contribution is 6.61. The van der Waals surface area contributed by atoms with Crippen LogP contribution in [0.3, 0.4) is 0 Å². The van der Waals surface area contributed by atoms with Crippen molar-refractivity contribution in [3.8, 4) is 28.7 Å². The van der Waals surface area contributed by atoms with Gasteiger partial charge in [0.05, 0.1) is 35.1 Å². The van der Waals surface area contributed by atoms with E-state index in [1.54, 1.807) is 36.7 Å². The molecule has 184 valence electrons. The second kappa shape index (κ2) is 9.39. The van der Waals surface area contributed by atoms with Crippen molar-refractivity contribution in [2.75, 3.05) is 0 Å². The zero-order valence-electron chi connectivity index (χ0n) is 21.2. The minimum Gasteiger partial charge on any atom is -0.399 e. The van der Waals surface area contributed by atoms with E-state index < -0.39 is 18.3 Å². The first-order valence-electron chi connectivity index (χ1n) is 12.0. The molecule has 3 heterocycles. The maximum absolute atomic E-state index is 12.5. The zero-order valence-corrected chi connectivity index (χ0v) is 21.2. The standard InChI is InChI=1S/C28H26BN5O3/c1-27(2)28(3,4)37-29(36-27)23-16-31-26(32-17-23)22-10-6-8-20(14-22)18-34-25(35)12-11-24(33-34)21-9-5-7-19(13-21)15-30/h5-14,16-17H,18H2,1-4H3. The van der Waals surface area contributed by atoms with E-state index in [2.05, 4.69) is 21.1 Å². The van der Waals surface area contributed by atoms with Gasteiger partial charge in [-0.3, -0.25) is 4.79 Å². The molecule has 0 bridgehead atoms. The topological polar surface area (TPSA) is 103 Å². The predicted octanol–water partition coefficient (Wildman–Crippen LogP) is 3.59. The first-order valence-corrected chi connectivity index (χ1v) is 12.0. The molecule has 1 saturated heterocycles. The van der Waals surface area contributed by atoms with E-state index in [-0.39, 0.29) is 12.1 Å². The first-order chi connectivity index (χ1) is 17.6. The molecule has 0 amide bonds. The van der Waals surface area contributed by atoms with Crippen LogP contribution in [0.2, 0.25) is 0 Å². The summed E-state index contributed by atoms with van der Waals surface area (Å²) in [5.41, 5.74) is 3.30. The number of benzene rings is 2. The third-order valence-electron chi connectivity index (χ3n) is 6.87. The molecule has 0 unspecified atom stereocenters. The van der Waals surface area contributed by atoms with Crippen LogP contribution in [0.25, 0.3) is 22.6 Å². The highest BCUT2D eigenvalue weighted by Crippen LogP contribution is 2.36. The maximum atomic E-state index is 12.5. The summed E-state index contributed by atoms with van der Waals surface area (Å²) in [6.07, 6.45) is 3.45. The van der Waals surface area contributed by atoms with Gasteiger partial charge in [0.25, 0.3) is 5.56 Å². The van der Waals surface area contributed by atoms with E-state index in [1.807, 2.05) is 58.0 Å². The lowest BCUT2D eigenvalue weighted by atomic mass is 9.81. The Morgan fingerprint density at radius 3 is 2.30 bits per heavy atom. The fourth-order valence-corrected chi connectivity index (χ4v) is 4.03. The molecular weight excluding hydrogens is 465 g/mol. The molecule has 8 nitrogen and oxygen atoms in total. The normalized spacial score (nSPS) is 15.9. The van der Waals surface area contributed by atoms with E-state index in [0.717, 1.165) is 22.2 Å². The van der Waals surface area contributed by atoms with Gasteiger partial charge < -0.3 is 9.31 Å². The number of aromatic nitrogens is 4. The molecule has 0 N–H and O–H groups in total. The van der Waals surface area contributed by atoms with Gasteiger partial charge in [-0.05, 0) is 57.5 Å². The van der Waals surface area contributed by atoms with Crippen molar-refractivity contribution >= 4 is 12.6 Å². The van der Waals surface area contributed by atoms with Gasteiger partial charge in [-0.2, -0.15) is 10.4 Å². The third kappa shape index (κ3) is 4.94. The fourth-order valence-electron chi connectivity index (χ4n) is 4.03. The maximum Gasteiger partial charge on any atom is 0.498 e. The van der Waals surface area contributed by atoms with Crippen LogP contribution in [0, 0.1) is 11.3 Å². The van der Waals surface area contributed by atoms with Crippen LogP contribution in [0.1, 0.15) is 38.8 Å². The van der Waals surface area contributed by atoms with Crippen LogP contribution in [-0.2, 0) is 15.9 Å². The molecule has 37 heavy (non-hydrogen) atoms. The zero-order chi connectivity index (χ0) is 26.2. The summed E-state index contributed by atoms with van der Waals surface area (Å²) in [5.74, 6) is 0.560. The molecular formula is C28H26BN5O3. The third-order valence-corrected chi connectivity index (χ3v) is 6.87. The average Bonchev–Trinajstić information content (AvgIpc) is 3.12. The minimum atomic E-state index is -0.524. The van der Waals surface area contributed by atoms with E-state index >= 15 is 0 Å². The van der Waals surface area contributed by atoms with Crippen molar-refractivity contribution in [1.82, 2.24) is 19.7 Å². The molecule has 0 spiro atoms. The number of nitrogens with zero attached hydrogens (tertiary/aromatic N) is 5. The van der Waals surface area contributed by atoms with Gasteiger partial charge >= 0.3 is 7.12 Å². The van der Waals surface area contributed by atoms with Gasteiger partial charge in [0.2, 0.25) is 0 Å². The van der Waals surface area contributed by atoms with E-state index in [1.165, 1.54) is 10.7 Å². The van der Waals surface area contributed by atoms with Crippen LogP contribution in [0.5, 0.6) is 0 Å². The van der Waals surface area contributed by atoms with Gasteiger partial charge in [0, 0.05) is 35.0 Å². The molecule has 9 heteroatoms. The van der Waals surface area contributed by atoms with Crippen molar-refractivity contribution in [3.63, 3.8) is 0 Å². The Hall–Kier alpha value is -4.13. The Morgan fingerprint density at radius 1 is 0.919 bits per heavy atom. The summed E-state index contributed by atoms with van der Waals surface area (Å²) >= 11 is 0. The molecule has 1 aliphatic rings. The van der Waals surface area contributed by atoms with E-state index in [9.17, 15) is 10.1 Å². The molecule has 1 aliphatic heterocycles. The van der Waals surface area contributed by atoms with Crippen LogP contribution < -0.4 is 11.0 Å². The lowest BCUT2D eigenvalue weighted by molar-refractivity contribution is 0.00578. The summed E-state index contributed by atoms with van der Waals surface area (Å²) < 4.78 is 13.6. The van der Waals surface area contributed by atoms with Gasteiger partial charge in [0.15, 0.2) is 5.82 Å². The summed E-state index contributed by atoms with van der Waals surface area (Å²) in [6, 6.07) is 20.1. The molecule has 5 rings (SSSR count). The summed E-state index contributed by atoms with van der Waals surface area (Å²) in [4.78, 5) is 21.6. The van der Waals surface area contributed by atoms with Crippen molar-refractivity contribution in [3.05, 3.63) is 94.5 Å². The molecule has 0 atom stereocenters.